The first kappa shape index (κ1) is 17.7. The van der Waals surface area contributed by atoms with E-state index in [-0.39, 0.29) is 11.7 Å². The lowest BCUT2D eigenvalue weighted by molar-refractivity contribution is -0.121. The fraction of sp³-hybridized carbons (Fsp3) is 0.263. The third-order valence-corrected chi connectivity index (χ3v) is 4.03. The number of hydrogen-bond acceptors (Lipinski definition) is 2. The number of hydrogen-bond donors (Lipinski definition) is 1. The van der Waals surface area contributed by atoms with Gasteiger partial charge in [-0.2, -0.15) is 0 Å². The van der Waals surface area contributed by atoms with Gasteiger partial charge >= 0.3 is 0 Å². The second-order valence-corrected chi connectivity index (χ2v) is 5.73. The summed E-state index contributed by atoms with van der Waals surface area (Å²) in [4.78, 5) is 25.4. The van der Waals surface area contributed by atoms with Gasteiger partial charge in [0.15, 0.2) is 0 Å². The fourth-order valence-corrected chi connectivity index (χ4v) is 2.59. The Morgan fingerprint density at radius 1 is 1.21 bits per heavy atom. The molecule has 0 spiro atoms. The normalized spacial score (nSPS) is 11.8. The van der Waals surface area contributed by atoms with Crippen molar-refractivity contribution in [3.8, 4) is 11.1 Å². The van der Waals surface area contributed by atoms with E-state index in [2.05, 4.69) is 0 Å². The standard InChI is InChI=1S/C19H21FN2O2/c1-4-22(13(3)18(21)23)19(24)15-7-5-6-14(11-15)16-9-8-12(2)10-17(16)20/h5-11,13H,4H2,1-3H3,(H2,21,23)/t13-/m1/s1. The molecule has 2 aromatic carbocycles. The number of likely N-dealkylation sites (N-methyl/N-ethyl adjacent to an activating group) is 1. The van der Waals surface area contributed by atoms with Crippen molar-refractivity contribution in [1.82, 2.24) is 4.90 Å². The zero-order valence-electron chi connectivity index (χ0n) is 14.0. The van der Waals surface area contributed by atoms with E-state index in [4.69, 9.17) is 5.73 Å². The minimum atomic E-state index is -0.706. The van der Waals surface area contributed by atoms with Gasteiger partial charge in [0.2, 0.25) is 5.91 Å². The summed E-state index contributed by atoms with van der Waals surface area (Å²) >= 11 is 0. The molecule has 0 fully saturated rings. The van der Waals surface area contributed by atoms with Gasteiger partial charge in [-0.25, -0.2) is 4.39 Å². The first-order valence-corrected chi connectivity index (χ1v) is 7.82. The second-order valence-electron chi connectivity index (χ2n) is 5.73. The Morgan fingerprint density at radius 3 is 2.50 bits per heavy atom. The van der Waals surface area contributed by atoms with Gasteiger partial charge in [-0.3, -0.25) is 9.59 Å². The van der Waals surface area contributed by atoms with E-state index in [1.807, 2.05) is 13.0 Å². The highest BCUT2D eigenvalue weighted by molar-refractivity contribution is 5.98. The Hall–Kier alpha value is -2.69. The number of nitrogens with zero attached hydrogens (tertiary/aromatic N) is 1. The van der Waals surface area contributed by atoms with Crippen LogP contribution >= 0.6 is 0 Å². The lowest BCUT2D eigenvalue weighted by Crippen LogP contribution is -2.46. The van der Waals surface area contributed by atoms with Crippen molar-refractivity contribution in [1.29, 1.82) is 0 Å². The Morgan fingerprint density at radius 2 is 1.92 bits per heavy atom. The van der Waals surface area contributed by atoms with Crippen LogP contribution in [-0.2, 0) is 4.79 Å². The van der Waals surface area contributed by atoms with Crippen molar-refractivity contribution in [2.75, 3.05) is 6.54 Å². The maximum Gasteiger partial charge on any atom is 0.254 e. The molecule has 0 unspecified atom stereocenters. The third-order valence-electron chi connectivity index (χ3n) is 4.03. The van der Waals surface area contributed by atoms with Crippen molar-refractivity contribution in [2.24, 2.45) is 5.73 Å². The Bertz CT molecular complexity index is 774. The number of carbonyl (C=O) groups excluding carboxylic acids is 2. The largest absolute Gasteiger partial charge is 0.368 e. The van der Waals surface area contributed by atoms with Gasteiger partial charge in [-0.15, -0.1) is 0 Å². The molecule has 0 saturated heterocycles. The summed E-state index contributed by atoms with van der Waals surface area (Å²) in [5.74, 6) is -1.21. The summed E-state index contributed by atoms with van der Waals surface area (Å²) in [6, 6.07) is 11.0. The van der Waals surface area contributed by atoms with Crippen LogP contribution in [0.3, 0.4) is 0 Å². The van der Waals surface area contributed by atoms with Gasteiger partial charge in [0.25, 0.3) is 5.91 Å². The summed E-state index contributed by atoms with van der Waals surface area (Å²) < 4.78 is 14.2. The van der Waals surface area contributed by atoms with Crippen molar-refractivity contribution in [2.45, 2.75) is 26.8 Å². The topological polar surface area (TPSA) is 63.4 Å². The Kier molecular flexibility index (Phi) is 5.34. The lowest BCUT2D eigenvalue weighted by atomic mass is 10.0. The van der Waals surface area contributed by atoms with Gasteiger partial charge in [0.1, 0.15) is 11.9 Å². The van der Waals surface area contributed by atoms with Gasteiger partial charge < -0.3 is 10.6 Å². The lowest BCUT2D eigenvalue weighted by Gasteiger charge is -2.26. The van der Waals surface area contributed by atoms with Crippen LogP contribution < -0.4 is 5.73 Å². The van der Waals surface area contributed by atoms with Crippen LogP contribution in [0.2, 0.25) is 0 Å². The minimum absolute atomic E-state index is 0.307. The summed E-state index contributed by atoms with van der Waals surface area (Å²) in [6.45, 7) is 5.54. The maximum atomic E-state index is 14.2. The molecule has 2 amide bonds. The zero-order valence-corrected chi connectivity index (χ0v) is 14.0. The molecule has 2 rings (SSSR count). The quantitative estimate of drug-likeness (QED) is 0.916. The van der Waals surface area contributed by atoms with Crippen LogP contribution in [0, 0.1) is 12.7 Å². The molecule has 4 nitrogen and oxygen atoms in total. The number of primary amides is 1. The fourth-order valence-electron chi connectivity index (χ4n) is 2.59. The first-order valence-electron chi connectivity index (χ1n) is 7.82. The van der Waals surface area contributed by atoms with Crippen LogP contribution in [0.5, 0.6) is 0 Å². The van der Waals surface area contributed by atoms with Crippen molar-refractivity contribution >= 4 is 11.8 Å². The third kappa shape index (κ3) is 3.62. The Labute approximate surface area is 141 Å². The van der Waals surface area contributed by atoms with Gasteiger partial charge in [0, 0.05) is 17.7 Å². The molecule has 0 bridgehead atoms. The summed E-state index contributed by atoms with van der Waals surface area (Å²) in [7, 11) is 0. The van der Waals surface area contributed by atoms with Gasteiger partial charge in [0.05, 0.1) is 0 Å². The van der Waals surface area contributed by atoms with Crippen LogP contribution in [0.15, 0.2) is 42.5 Å². The summed E-state index contributed by atoms with van der Waals surface area (Å²) in [5.41, 5.74) is 7.57. The summed E-state index contributed by atoms with van der Waals surface area (Å²) in [6.07, 6.45) is 0. The number of nitrogens with two attached hydrogens (primary N) is 1. The van der Waals surface area contributed by atoms with Crippen LogP contribution in [0.1, 0.15) is 29.8 Å². The Balaban J connectivity index is 2.39. The van der Waals surface area contributed by atoms with Gasteiger partial charge in [-0.05, 0) is 50.1 Å². The number of halogens is 1. The predicted octanol–water partition coefficient (Wildman–Crippen LogP) is 3.14. The molecule has 0 aliphatic rings. The first-order chi connectivity index (χ1) is 11.3. The summed E-state index contributed by atoms with van der Waals surface area (Å²) in [5, 5.41) is 0. The minimum Gasteiger partial charge on any atom is -0.368 e. The van der Waals surface area contributed by atoms with E-state index in [1.54, 1.807) is 44.2 Å². The van der Waals surface area contributed by atoms with E-state index in [0.717, 1.165) is 5.56 Å². The number of aryl methyl sites for hydroxylation is 1. The SMILES string of the molecule is CCN(C(=O)c1cccc(-c2ccc(C)cc2F)c1)[C@H](C)C(N)=O. The van der Waals surface area contributed by atoms with Crippen molar-refractivity contribution in [3.05, 3.63) is 59.4 Å². The molecule has 0 aromatic heterocycles. The number of amides is 2. The molecule has 0 saturated carbocycles. The number of rotatable bonds is 5. The highest BCUT2D eigenvalue weighted by Crippen LogP contribution is 2.25. The molecule has 126 valence electrons. The van der Waals surface area contributed by atoms with Crippen LogP contribution in [-0.4, -0.2) is 29.3 Å². The molecule has 0 heterocycles. The number of benzene rings is 2. The average molecular weight is 328 g/mol. The maximum absolute atomic E-state index is 14.2. The molecule has 0 aliphatic heterocycles. The zero-order chi connectivity index (χ0) is 17.9. The van der Waals surface area contributed by atoms with E-state index in [9.17, 15) is 14.0 Å². The smallest absolute Gasteiger partial charge is 0.254 e. The van der Waals surface area contributed by atoms with E-state index in [1.165, 1.54) is 11.0 Å². The number of carbonyl (C=O) groups is 2. The van der Waals surface area contributed by atoms with E-state index in [0.29, 0.717) is 23.2 Å². The highest BCUT2D eigenvalue weighted by Gasteiger charge is 2.24. The molecule has 0 aliphatic carbocycles. The van der Waals surface area contributed by atoms with Crippen LogP contribution in [0.25, 0.3) is 11.1 Å². The van der Waals surface area contributed by atoms with Crippen LogP contribution in [0.4, 0.5) is 4.39 Å². The molecule has 2 N–H and O–H groups in total. The van der Waals surface area contributed by atoms with E-state index < -0.39 is 11.9 Å². The average Bonchev–Trinajstić information content (AvgIpc) is 2.55. The van der Waals surface area contributed by atoms with Crippen molar-refractivity contribution in [3.63, 3.8) is 0 Å². The van der Waals surface area contributed by atoms with Gasteiger partial charge in [-0.1, -0.05) is 24.3 Å². The predicted molar refractivity (Wildman–Crippen MR) is 91.9 cm³/mol. The molecule has 1 atom stereocenters. The molecule has 24 heavy (non-hydrogen) atoms. The molecule has 2 aromatic rings. The molecular formula is C19H21FN2O2. The second kappa shape index (κ2) is 7.25. The molecular weight excluding hydrogens is 307 g/mol. The van der Waals surface area contributed by atoms with E-state index >= 15 is 0 Å². The molecule has 0 radical (unpaired) electrons. The van der Waals surface area contributed by atoms with Crippen molar-refractivity contribution < 1.29 is 14.0 Å². The monoisotopic (exact) mass is 328 g/mol. The molecule has 5 heteroatoms. The highest BCUT2D eigenvalue weighted by atomic mass is 19.1.